The maximum Gasteiger partial charge on any atom is 0.219 e. The predicted molar refractivity (Wildman–Crippen MR) is 89.2 cm³/mol. The molecule has 1 aliphatic heterocycles. The molecule has 1 aromatic carbocycles. The van der Waals surface area contributed by atoms with E-state index in [4.69, 9.17) is 4.74 Å². The van der Waals surface area contributed by atoms with Gasteiger partial charge in [0.2, 0.25) is 5.88 Å². The lowest BCUT2D eigenvalue weighted by molar-refractivity contribution is 0.112. The maximum atomic E-state index is 5.77. The topological polar surface area (TPSA) is 25.4 Å². The molecule has 0 N–H and O–H groups in total. The molecular formula is C19H24N2O. The molecule has 0 bridgehead atoms. The van der Waals surface area contributed by atoms with Crippen molar-refractivity contribution >= 4 is 0 Å². The summed E-state index contributed by atoms with van der Waals surface area (Å²) in [7, 11) is 0. The van der Waals surface area contributed by atoms with Crippen molar-refractivity contribution in [1.29, 1.82) is 0 Å². The number of para-hydroxylation sites is 1. The smallest absolute Gasteiger partial charge is 0.219 e. The van der Waals surface area contributed by atoms with E-state index in [1.54, 1.807) is 0 Å². The van der Waals surface area contributed by atoms with Crippen LogP contribution in [0.2, 0.25) is 0 Å². The van der Waals surface area contributed by atoms with Gasteiger partial charge in [-0.3, -0.25) is 4.90 Å². The molecule has 3 heteroatoms. The highest BCUT2D eigenvalue weighted by atomic mass is 16.5. The van der Waals surface area contributed by atoms with Crippen molar-refractivity contribution in [3.8, 4) is 11.6 Å². The Balaban J connectivity index is 1.73. The van der Waals surface area contributed by atoms with E-state index in [0.717, 1.165) is 5.75 Å². The van der Waals surface area contributed by atoms with E-state index in [0.29, 0.717) is 18.0 Å². The van der Waals surface area contributed by atoms with Gasteiger partial charge in [-0.2, -0.15) is 0 Å². The van der Waals surface area contributed by atoms with Gasteiger partial charge in [0.15, 0.2) is 0 Å². The zero-order valence-electron chi connectivity index (χ0n) is 13.4. The molecule has 2 aromatic rings. The van der Waals surface area contributed by atoms with Crippen LogP contribution in [0.15, 0.2) is 48.7 Å². The second-order valence-electron chi connectivity index (χ2n) is 6.19. The van der Waals surface area contributed by atoms with Gasteiger partial charge in [0.05, 0.1) is 0 Å². The van der Waals surface area contributed by atoms with Crippen LogP contribution in [0, 0.1) is 0 Å². The lowest BCUT2D eigenvalue weighted by atomic mass is 9.95. The fourth-order valence-corrected chi connectivity index (χ4v) is 3.19. The predicted octanol–water partition coefficient (Wildman–Crippen LogP) is 4.81. The number of piperidine rings is 1. The third-order valence-electron chi connectivity index (χ3n) is 4.32. The molecule has 1 aromatic heterocycles. The molecule has 0 amide bonds. The minimum Gasteiger partial charge on any atom is -0.439 e. The minimum absolute atomic E-state index is 0.493. The van der Waals surface area contributed by atoms with E-state index in [-0.39, 0.29) is 0 Å². The number of hydrogen-bond acceptors (Lipinski definition) is 3. The van der Waals surface area contributed by atoms with Crippen molar-refractivity contribution in [3.63, 3.8) is 0 Å². The van der Waals surface area contributed by atoms with Crippen LogP contribution in [-0.2, 0) is 0 Å². The fourth-order valence-electron chi connectivity index (χ4n) is 3.19. The highest BCUT2D eigenvalue weighted by molar-refractivity contribution is 5.28. The van der Waals surface area contributed by atoms with Gasteiger partial charge in [-0.25, -0.2) is 4.98 Å². The van der Waals surface area contributed by atoms with E-state index in [1.807, 2.05) is 42.6 Å². The molecule has 1 aliphatic rings. The summed E-state index contributed by atoms with van der Waals surface area (Å²) in [5, 5.41) is 0. The van der Waals surface area contributed by atoms with Crippen LogP contribution in [0.3, 0.4) is 0 Å². The summed E-state index contributed by atoms with van der Waals surface area (Å²) in [5.41, 5.74) is 1.30. The first-order valence-corrected chi connectivity index (χ1v) is 8.18. The Morgan fingerprint density at radius 1 is 1.09 bits per heavy atom. The molecule has 0 radical (unpaired) electrons. The molecule has 116 valence electrons. The Kier molecular flexibility index (Phi) is 4.74. The van der Waals surface area contributed by atoms with Crippen molar-refractivity contribution in [1.82, 2.24) is 9.88 Å². The van der Waals surface area contributed by atoms with Crippen LogP contribution in [-0.4, -0.2) is 22.5 Å². The van der Waals surface area contributed by atoms with Crippen molar-refractivity contribution in [3.05, 3.63) is 54.2 Å². The highest BCUT2D eigenvalue weighted by Gasteiger charge is 2.25. The average molecular weight is 296 g/mol. The Labute approximate surface area is 132 Å². The van der Waals surface area contributed by atoms with Crippen LogP contribution >= 0.6 is 0 Å². The summed E-state index contributed by atoms with van der Waals surface area (Å²) in [4.78, 5) is 7.08. The zero-order valence-corrected chi connectivity index (χ0v) is 13.4. The first-order valence-electron chi connectivity index (χ1n) is 8.18. The summed E-state index contributed by atoms with van der Waals surface area (Å²) in [6.07, 6.45) is 5.80. The normalized spacial score (nSPS) is 19.3. The quantitative estimate of drug-likeness (QED) is 0.809. The highest BCUT2D eigenvalue weighted by Crippen LogP contribution is 2.32. The van der Waals surface area contributed by atoms with E-state index in [2.05, 4.69) is 29.8 Å². The van der Waals surface area contributed by atoms with Gasteiger partial charge in [-0.1, -0.05) is 30.7 Å². The van der Waals surface area contributed by atoms with E-state index in [9.17, 15) is 0 Å². The van der Waals surface area contributed by atoms with E-state index >= 15 is 0 Å². The molecule has 0 saturated carbocycles. The lowest BCUT2D eigenvalue weighted by Gasteiger charge is -2.38. The van der Waals surface area contributed by atoms with Crippen molar-refractivity contribution in [2.45, 2.75) is 45.2 Å². The summed E-state index contributed by atoms with van der Waals surface area (Å²) >= 11 is 0. The zero-order chi connectivity index (χ0) is 15.4. The molecule has 1 fully saturated rings. The summed E-state index contributed by atoms with van der Waals surface area (Å²) in [6, 6.07) is 15.0. The number of nitrogens with zero attached hydrogens (tertiary/aromatic N) is 2. The van der Waals surface area contributed by atoms with Crippen LogP contribution in [0.5, 0.6) is 11.6 Å². The second kappa shape index (κ2) is 6.93. The summed E-state index contributed by atoms with van der Waals surface area (Å²) < 4.78 is 5.77. The Morgan fingerprint density at radius 3 is 2.59 bits per heavy atom. The average Bonchev–Trinajstić information content (AvgIpc) is 2.56. The standard InChI is InChI=1S/C19H24N2O/c1-15(2)21-13-7-6-10-18(21)16-11-12-19(20-14-16)22-17-8-4-3-5-9-17/h3-5,8-9,11-12,14-15,18H,6-7,10,13H2,1-2H3. The molecule has 1 unspecified atom stereocenters. The first-order chi connectivity index (χ1) is 10.7. The van der Waals surface area contributed by atoms with Gasteiger partial charge in [0, 0.05) is 24.3 Å². The molecule has 0 aliphatic carbocycles. The van der Waals surface area contributed by atoms with Crippen LogP contribution in [0.4, 0.5) is 0 Å². The molecule has 2 heterocycles. The molecule has 22 heavy (non-hydrogen) atoms. The number of benzene rings is 1. The van der Waals surface area contributed by atoms with Gasteiger partial charge in [0.1, 0.15) is 5.75 Å². The number of aromatic nitrogens is 1. The van der Waals surface area contributed by atoms with Crippen LogP contribution < -0.4 is 4.74 Å². The molecule has 1 atom stereocenters. The fraction of sp³-hybridized carbons (Fsp3) is 0.421. The third kappa shape index (κ3) is 3.47. The number of rotatable bonds is 4. The van der Waals surface area contributed by atoms with E-state index < -0.39 is 0 Å². The molecule has 0 spiro atoms. The first kappa shape index (κ1) is 15.0. The SMILES string of the molecule is CC(C)N1CCCCC1c1ccc(Oc2ccccc2)nc1. The Bertz CT molecular complexity index is 580. The second-order valence-corrected chi connectivity index (χ2v) is 6.19. The van der Waals surface area contributed by atoms with Gasteiger partial charge >= 0.3 is 0 Å². The number of pyridine rings is 1. The number of ether oxygens (including phenoxy) is 1. The van der Waals surface area contributed by atoms with Crippen LogP contribution in [0.25, 0.3) is 0 Å². The van der Waals surface area contributed by atoms with Gasteiger partial charge in [-0.15, -0.1) is 0 Å². The van der Waals surface area contributed by atoms with Crippen molar-refractivity contribution < 1.29 is 4.74 Å². The number of hydrogen-bond donors (Lipinski definition) is 0. The third-order valence-corrected chi connectivity index (χ3v) is 4.32. The molecular weight excluding hydrogens is 272 g/mol. The van der Waals surface area contributed by atoms with Gasteiger partial charge in [-0.05, 0) is 50.9 Å². The van der Waals surface area contributed by atoms with E-state index in [1.165, 1.54) is 31.4 Å². The lowest BCUT2D eigenvalue weighted by Crippen LogP contribution is -2.38. The molecule has 3 rings (SSSR count). The maximum absolute atomic E-state index is 5.77. The Hall–Kier alpha value is -1.87. The minimum atomic E-state index is 0.493. The molecule has 3 nitrogen and oxygen atoms in total. The number of likely N-dealkylation sites (tertiary alicyclic amines) is 1. The van der Waals surface area contributed by atoms with Gasteiger partial charge in [0.25, 0.3) is 0 Å². The van der Waals surface area contributed by atoms with Crippen molar-refractivity contribution in [2.75, 3.05) is 6.54 Å². The van der Waals surface area contributed by atoms with Crippen molar-refractivity contribution in [2.24, 2.45) is 0 Å². The monoisotopic (exact) mass is 296 g/mol. The summed E-state index contributed by atoms with van der Waals surface area (Å²) in [6.45, 7) is 5.74. The summed E-state index contributed by atoms with van der Waals surface area (Å²) in [5.74, 6) is 1.48. The Morgan fingerprint density at radius 2 is 1.91 bits per heavy atom. The molecule has 1 saturated heterocycles. The largest absolute Gasteiger partial charge is 0.439 e. The van der Waals surface area contributed by atoms with Gasteiger partial charge < -0.3 is 4.74 Å². The van der Waals surface area contributed by atoms with Crippen LogP contribution in [0.1, 0.15) is 44.7 Å².